The fourth-order valence-electron chi connectivity index (χ4n) is 3.84. The summed E-state index contributed by atoms with van der Waals surface area (Å²) < 4.78 is 10.7. The molecule has 1 N–H and O–H groups in total. The Morgan fingerprint density at radius 1 is 1.04 bits per heavy atom. The molecule has 2 heterocycles. The van der Waals surface area contributed by atoms with Crippen LogP contribution in [0.1, 0.15) is 31.2 Å². The minimum absolute atomic E-state index is 0. The molecule has 0 aromatic heterocycles. The van der Waals surface area contributed by atoms with Crippen LogP contribution in [0.2, 0.25) is 0 Å². The van der Waals surface area contributed by atoms with Gasteiger partial charge in [-0.1, -0.05) is 0 Å². The smallest absolute Gasteiger partial charge is 0.122 e. The fraction of sp³-hybridized carbons (Fsp3) is 0.667. The summed E-state index contributed by atoms with van der Waals surface area (Å²) in [6, 6.07) is 6.95. The lowest BCUT2D eigenvalue weighted by molar-refractivity contribution is 0.157. The monoisotopic (exact) mass is 340 g/mol. The molecule has 2 fully saturated rings. The van der Waals surface area contributed by atoms with Crippen LogP contribution >= 0.6 is 12.4 Å². The van der Waals surface area contributed by atoms with Crippen molar-refractivity contribution >= 4 is 12.4 Å². The van der Waals surface area contributed by atoms with Crippen molar-refractivity contribution in [3.8, 4) is 11.5 Å². The molecule has 1 aromatic carbocycles. The van der Waals surface area contributed by atoms with E-state index in [0.29, 0.717) is 0 Å². The van der Waals surface area contributed by atoms with Gasteiger partial charge in [-0.05, 0) is 68.9 Å². The summed E-state index contributed by atoms with van der Waals surface area (Å²) in [4.78, 5) is 2.56. The lowest BCUT2D eigenvalue weighted by Crippen LogP contribution is -2.40. The molecule has 0 saturated carbocycles. The molecule has 0 spiro atoms. The molecular weight excluding hydrogens is 312 g/mol. The predicted molar refractivity (Wildman–Crippen MR) is 95.8 cm³/mol. The van der Waals surface area contributed by atoms with Gasteiger partial charge in [-0.15, -0.1) is 12.4 Å². The maximum atomic E-state index is 5.36. The van der Waals surface area contributed by atoms with E-state index in [1.54, 1.807) is 14.2 Å². The van der Waals surface area contributed by atoms with Crippen molar-refractivity contribution in [1.82, 2.24) is 10.2 Å². The van der Waals surface area contributed by atoms with Gasteiger partial charge in [0.2, 0.25) is 0 Å². The number of nitrogens with one attached hydrogen (secondary N) is 1. The average molecular weight is 341 g/mol. The van der Waals surface area contributed by atoms with Crippen molar-refractivity contribution in [1.29, 1.82) is 0 Å². The molecule has 3 rings (SSSR count). The van der Waals surface area contributed by atoms with Crippen LogP contribution in [0.25, 0.3) is 0 Å². The molecule has 0 radical (unpaired) electrons. The number of benzene rings is 1. The number of ether oxygens (including phenoxy) is 2. The molecule has 0 amide bonds. The molecular formula is C18H29ClN2O2. The van der Waals surface area contributed by atoms with Gasteiger partial charge >= 0.3 is 0 Å². The summed E-state index contributed by atoms with van der Waals surface area (Å²) in [5.41, 5.74) is 1.27. The fourth-order valence-corrected chi connectivity index (χ4v) is 3.84. The van der Waals surface area contributed by atoms with Crippen molar-refractivity contribution in [2.75, 3.05) is 33.9 Å². The van der Waals surface area contributed by atoms with Gasteiger partial charge in [0, 0.05) is 18.7 Å². The first-order valence-corrected chi connectivity index (χ1v) is 8.46. The van der Waals surface area contributed by atoms with Crippen molar-refractivity contribution < 1.29 is 9.47 Å². The minimum atomic E-state index is 0. The number of methoxy groups -OCH3 is 2. The zero-order valence-electron chi connectivity index (χ0n) is 14.2. The van der Waals surface area contributed by atoms with Crippen LogP contribution in [0, 0.1) is 5.92 Å². The second kappa shape index (κ2) is 8.76. The number of likely N-dealkylation sites (tertiary alicyclic amines) is 1. The van der Waals surface area contributed by atoms with Gasteiger partial charge in [0.1, 0.15) is 11.5 Å². The summed E-state index contributed by atoms with van der Waals surface area (Å²) >= 11 is 0. The van der Waals surface area contributed by atoms with Crippen molar-refractivity contribution in [3.63, 3.8) is 0 Å². The summed E-state index contributed by atoms with van der Waals surface area (Å²) in [6.45, 7) is 4.59. The van der Waals surface area contributed by atoms with E-state index in [2.05, 4.69) is 22.3 Å². The normalized spacial score (nSPS) is 22.6. The van der Waals surface area contributed by atoms with E-state index in [4.69, 9.17) is 9.47 Å². The van der Waals surface area contributed by atoms with E-state index in [1.165, 1.54) is 50.9 Å². The Morgan fingerprint density at radius 3 is 2.22 bits per heavy atom. The van der Waals surface area contributed by atoms with Gasteiger partial charge < -0.3 is 14.8 Å². The molecule has 2 aliphatic heterocycles. The maximum absolute atomic E-state index is 5.36. The van der Waals surface area contributed by atoms with E-state index >= 15 is 0 Å². The highest BCUT2D eigenvalue weighted by Crippen LogP contribution is 2.28. The molecule has 2 aliphatic rings. The largest absolute Gasteiger partial charge is 0.497 e. The average Bonchev–Trinajstić information content (AvgIpc) is 3.09. The van der Waals surface area contributed by atoms with Crippen LogP contribution < -0.4 is 14.8 Å². The number of piperidine rings is 1. The number of hydrogen-bond acceptors (Lipinski definition) is 4. The summed E-state index contributed by atoms with van der Waals surface area (Å²) in [6.07, 6.45) is 5.36. The Bertz CT molecular complexity index is 462. The van der Waals surface area contributed by atoms with Crippen LogP contribution in [-0.2, 0) is 6.54 Å². The third-order valence-corrected chi connectivity index (χ3v) is 5.12. The van der Waals surface area contributed by atoms with E-state index in [9.17, 15) is 0 Å². The summed E-state index contributed by atoms with van der Waals surface area (Å²) in [5.74, 6) is 2.62. The zero-order chi connectivity index (χ0) is 15.4. The van der Waals surface area contributed by atoms with E-state index in [1.807, 2.05) is 6.07 Å². The Morgan fingerprint density at radius 2 is 1.70 bits per heavy atom. The van der Waals surface area contributed by atoms with Crippen molar-refractivity contribution in [2.45, 2.75) is 38.3 Å². The third kappa shape index (κ3) is 4.75. The topological polar surface area (TPSA) is 33.7 Å². The second-order valence-electron chi connectivity index (χ2n) is 6.54. The van der Waals surface area contributed by atoms with Gasteiger partial charge in [-0.2, -0.15) is 0 Å². The Balaban J connectivity index is 0.00000192. The number of hydrogen-bond donors (Lipinski definition) is 1. The molecule has 130 valence electrons. The van der Waals surface area contributed by atoms with Gasteiger partial charge in [-0.3, -0.25) is 4.90 Å². The van der Waals surface area contributed by atoms with Gasteiger partial charge in [0.25, 0.3) is 0 Å². The Kier molecular flexibility index (Phi) is 7.00. The summed E-state index contributed by atoms with van der Waals surface area (Å²) in [7, 11) is 3.41. The molecule has 0 bridgehead atoms. The number of nitrogens with zero attached hydrogens (tertiary/aromatic N) is 1. The van der Waals surface area contributed by atoms with Gasteiger partial charge in [0.05, 0.1) is 14.2 Å². The molecule has 4 nitrogen and oxygen atoms in total. The number of rotatable bonds is 5. The highest BCUT2D eigenvalue weighted by Gasteiger charge is 2.28. The molecule has 1 atom stereocenters. The number of halogens is 1. The molecule has 5 heteroatoms. The van der Waals surface area contributed by atoms with E-state index in [0.717, 1.165) is 30.0 Å². The quantitative estimate of drug-likeness (QED) is 0.893. The zero-order valence-corrected chi connectivity index (χ0v) is 15.0. The van der Waals surface area contributed by atoms with E-state index in [-0.39, 0.29) is 12.4 Å². The predicted octanol–water partition coefficient (Wildman–Crippen LogP) is 3.09. The standard InChI is InChI=1S/C18H28N2O2.ClH/c1-21-16-10-14(11-17(12-16)22-2)13-20-8-5-15(6-9-20)18-4-3-7-19-18;/h10-12,15,18-19H,3-9,13H2,1-2H3;1H. The Hall–Kier alpha value is -0.970. The first-order chi connectivity index (χ1) is 10.8. The lowest BCUT2D eigenvalue weighted by Gasteiger charge is -2.35. The molecule has 1 aromatic rings. The van der Waals surface area contributed by atoms with Crippen molar-refractivity contribution in [3.05, 3.63) is 23.8 Å². The lowest BCUT2D eigenvalue weighted by atomic mass is 9.88. The van der Waals surface area contributed by atoms with Crippen molar-refractivity contribution in [2.24, 2.45) is 5.92 Å². The SMILES string of the molecule is COc1cc(CN2CCC(C3CCCN3)CC2)cc(OC)c1.Cl. The first-order valence-electron chi connectivity index (χ1n) is 8.46. The highest BCUT2D eigenvalue weighted by atomic mass is 35.5. The van der Waals surface area contributed by atoms with Crippen LogP contribution in [0.4, 0.5) is 0 Å². The Labute approximate surface area is 145 Å². The van der Waals surface area contributed by atoms with Crippen LogP contribution in [0.15, 0.2) is 18.2 Å². The molecule has 23 heavy (non-hydrogen) atoms. The van der Waals surface area contributed by atoms with Crippen LogP contribution in [-0.4, -0.2) is 44.8 Å². The van der Waals surface area contributed by atoms with E-state index < -0.39 is 0 Å². The maximum Gasteiger partial charge on any atom is 0.122 e. The minimum Gasteiger partial charge on any atom is -0.497 e. The first kappa shape index (κ1) is 18.4. The molecule has 2 saturated heterocycles. The summed E-state index contributed by atoms with van der Waals surface area (Å²) in [5, 5.41) is 3.67. The highest BCUT2D eigenvalue weighted by molar-refractivity contribution is 5.85. The third-order valence-electron chi connectivity index (χ3n) is 5.12. The second-order valence-corrected chi connectivity index (χ2v) is 6.54. The molecule has 0 aliphatic carbocycles. The van der Waals surface area contributed by atoms with Crippen LogP contribution in [0.3, 0.4) is 0 Å². The van der Waals surface area contributed by atoms with Gasteiger partial charge in [-0.25, -0.2) is 0 Å². The molecule has 1 unspecified atom stereocenters. The van der Waals surface area contributed by atoms with Gasteiger partial charge in [0.15, 0.2) is 0 Å². The van der Waals surface area contributed by atoms with Crippen LogP contribution in [0.5, 0.6) is 11.5 Å².